The zero-order valence-corrected chi connectivity index (χ0v) is 7.00. The third-order valence-corrected chi connectivity index (χ3v) is 1.14. The van der Waals surface area contributed by atoms with Gasteiger partial charge in [0.05, 0.1) is 7.11 Å². The number of hydrogen-bond donors (Lipinski definition) is 0. The molecule has 0 aliphatic carbocycles. The van der Waals surface area contributed by atoms with Crippen molar-refractivity contribution in [1.82, 2.24) is 0 Å². The SMILES string of the molecule is COC(=O)c1cc[c-]cc1.[Co]. The molecule has 3 heteroatoms. The topological polar surface area (TPSA) is 26.3 Å². The second-order valence-corrected chi connectivity index (χ2v) is 1.78. The van der Waals surface area contributed by atoms with E-state index < -0.39 is 0 Å². The molecule has 0 N–H and O–H groups in total. The summed E-state index contributed by atoms with van der Waals surface area (Å²) >= 11 is 0. The van der Waals surface area contributed by atoms with Crippen molar-refractivity contribution in [1.29, 1.82) is 0 Å². The molecule has 61 valence electrons. The van der Waals surface area contributed by atoms with Crippen molar-refractivity contribution >= 4 is 5.97 Å². The molecule has 0 aliphatic rings. The van der Waals surface area contributed by atoms with Gasteiger partial charge in [-0.1, -0.05) is 0 Å². The van der Waals surface area contributed by atoms with E-state index in [-0.39, 0.29) is 22.7 Å². The molecule has 1 aromatic carbocycles. The first kappa shape index (κ1) is 10.2. The molecule has 0 fully saturated rings. The zero-order valence-electron chi connectivity index (χ0n) is 5.96. The molecule has 0 aromatic heterocycles. The minimum absolute atomic E-state index is 0. The molecule has 1 radical (unpaired) electrons. The molecular weight excluding hydrogens is 187 g/mol. The van der Waals surface area contributed by atoms with Gasteiger partial charge in [-0.05, 0) is 5.56 Å². The molecule has 1 aromatic rings. The molecule has 0 amide bonds. The van der Waals surface area contributed by atoms with Gasteiger partial charge in [0.25, 0.3) is 0 Å². The summed E-state index contributed by atoms with van der Waals surface area (Å²) < 4.78 is 4.48. The van der Waals surface area contributed by atoms with E-state index in [1.807, 2.05) is 0 Å². The van der Waals surface area contributed by atoms with Crippen molar-refractivity contribution in [2.24, 2.45) is 0 Å². The van der Waals surface area contributed by atoms with Gasteiger partial charge in [-0.3, -0.25) is 0 Å². The Morgan fingerprint density at radius 1 is 1.45 bits per heavy atom. The maximum atomic E-state index is 10.8. The Bertz CT molecular complexity index is 221. The molecule has 0 bridgehead atoms. The van der Waals surface area contributed by atoms with Crippen LogP contribution in [0.15, 0.2) is 24.3 Å². The fourth-order valence-electron chi connectivity index (χ4n) is 0.641. The Kier molecular flexibility index (Phi) is 4.57. The van der Waals surface area contributed by atoms with E-state index in [2.05, 4.69) is 10.8 Å². The molecule has 11 heavy (non-hydrogen) atoms. The first-order chi connectivity index (χ1) is 4.84. The van der Waals surface area contributed by atoms with Crippen LogP contribution in [0, 0.1) is 6.07 Å². The average molecular weight is 194 g/mol. The summed E-state index contributed by atoms with van der Waals surface area (Å²) in [5, 5.41) is 0. The summed E-state index contributed by atoms with van der Waals surface area (Å²) in [7, 11) is 1.36. The predicted octanol–water partition coefficient (Wildman–Crippen LogP) is 1.27. The van der Waals surface area contributed by atoms with Crippen molar-refractivity contribution in [3.63, 3.8) is 0 Å². The number of rotatable bonds is 1. The number of ether oxygens (including phenoxy) is 1. The molecule has 0 heterocycles. The van der Waals surface area contributed by atoms with E-state index in [1.54, 1.807) is 24.3 Å². The standard InChI is InChI=1S/C8H7O2.Co/c1-10-8(9)7-5-3-2-4-6-7;/h3-6H,1H3;/q-1;. The smallest absolute Gasteiger partial charge is 0.313 e. The van der Waals surface area contributed by atoms with E-state index >= 15 is 0 Å². The Labute approximate surface area is 75.8 Å². The van der Waals surface area contributed by atoms with E-state index in [9.17, 15) is 4.79 Å². The monoisotopic (exact) mass is 194 g/mol. The number of hydrogen-bond acceptors (Lipinski definition) is 2. The first-order valence-electron chi connectivity index (χ1n) is 2.89. The van der Waals surface area contributed by atoms with Crippen LogP contribution in [-0.4, -0.2) is 13.1 Å². The van der Waals surface area contributed by atoms with E-state index in [4.69, 9.17) is 0 Å². The Hall–Kier alpha value is -0.804. The van der Waals surface area contributed by atoms with Crippen LogP contribution in [0.4, 0.5) is 0 Å². The van der Waals surface area contributed by atoms with Crippen molar-refractivity contribution in [2.45, 2.75) is 0 Å². The largest absolute Gasteiger partial charge is 0.467 e. The normalized spacial score (nSPS) is 8.09. The Morgan fingerprint density at radius 2 is 2.00 bits per heavy atom. The third-order valence-electron chi connectivity index (χ3n) is 1.14. The van der Waals surface area contributed by atoms with E-state index in [1.165, 1.54) is 7.11 Å². The number of benzene rings is 1. The minimum atomic E-state index is -0.311. The summed E-state index contributed by atoms with van der Waals surface area (Å²) in [6.07, 6.45) is 0. The molecular formula is C8H7CoO2-. The van der Waals surface area contributed by atoms with Crippen LogP contribution in [0.1, 0.15) is 10.4 Å². The van der Waals surface area contributed by atoms with Gasteiger partial charge in [-0.15, -0.1) is 0 Å². The number of carbonyl (C=O) groups is 1. The summed E-state index contributed by atoms with van der Waals surface area (Å²) in [5.74, 6) is -0.311. The van der Waals surface area contributed by atoms with Crippen LogP contribution >= 0.6 is 0 Å². The summed E-state index contributed by atoms with van der Waals surface area (Å²) in [5.41, 5.74) is 0.557. The van der Waals surface area contributed by atoms with E-state index in [0.29, 0.717) is 5.56 Å². The number of esters is 1. The van der Waals surface area contributed by atoms with Crippen molar-refractivity contribution in [3.05, 3.63) is 35.9 Å². The molecule has 0 saturated heterocycles. The third kappa shape index (κ3) is 2.73. The second-order valence-electron chi connectivity index (χ2n) is 1.78. The number of methoxy groups -OCH3 is 1. The molecule has 0 spiro atoms. The number of carbonyl (C=O) groups excluding carboxylic acids is 1. The minimum Gasteiger partial charge on any atom is -0.467 e. The van der Waals surface area contributed by atoms with E-state index in [0.717, 1.165) is 0 Å². The van der Waals surface area contributed by atoms with Gasteiger partial charge < -0.3 is 4.74 Å². The van der Waals surface area contributed by atoms with Crippen molar-refractivity contribution in [2.75, 3.05) is 7.11 Å². The maximum absolute atomic E-state index is 10.8. The average Bonchev–Trinajstić information content (AvgIpc) is 2.05. The predicted molar refractivity (Wildman–Crippen MR) is 36.6 cm³/mol. The first-order valence-corrected chi connectivity index (χ1v) is 2.89. The van der Waals surface area contributed by atoms with Gasteiger partial charge in [0.2, 0.25) is 0 Å². The molecule has 0 saturated carbocycles. The van der Waals surface area contributed by atoms with Crippen LogP contribution < -0.4 is 0 Å². The van der Waals surface area contributed by atoms with Crippen LogP contribution in [0.5, 0.6) is 0 Å². The van der Waals surface area contributed by atoms with Crippen molar-refractivity contribution < 1.29 is 26.3 Å². The molecule has 0 unspecified atom stereocenters. The zero-order chi connectivity index (χ0) is 7.40. The molecule has 1 rings (SSSR count). The van der Waals surface area contributed by atoms with Crippen LogP contribution in [0.2, 0.25) is 0 Å². The van der Waals surface area contributed by atoms with Gasteiger partial charge in [-0.2, -0.15) is 30.3 Å². The fraction of sp³-hybridized carbons (Fsp3) is 0.125. The summed E-state index contributed by atoms with van der Waals surface area (Å²) in [6.45, 7) is 0. The van der Waals surface area contributed by atoms with Gasteiger partial charge in [0, 0.05) is 16.8 Å². The molecule has 0 atom stereocenters. The van der Waals surface area contributed by atoms with Gasteiger partial charge >= 0.3 is 5.97 Å². The maximum Gasteiger partial charge on any atom is 0.313 e. The summed E-state index contributed by atoms with van der Waals surface area (Å²) in [4.78, 5) is 10.8. The summed E-state index contributed by atoms with van der Waals surface area (Å²) in [6, 6.07) is 9.47. The van der Waals surface area contributed by atoms with Crippen LogP contribution in [0.3, 0.4) is 0 Å². The molecule has 0 aliphatic heterocycles. The fourth-order valence-corrected chi connectivity index (χ4v) is 0.641. The Balaban J connectivity index is 0.000001000. The van der Waals surface area contributed by atoms with Crippen LogP contribution in [0.25, 0.3) is 0 Å². The van der Waals surface area contributed by atoms with Gasteiger partial charge in [0.15, 0.2) is 0 Å². The molecule has 2 nitrogen and oxygen atoms in total. The Morgan fingerprint density at radius 3 is 2.45 bits per heavy atom. The van der Waals surface area contributed by atoms with Gasteiger partial charge in [0.1, 0.15) is 0 Å². The van der Waals surface area contributed by atoms with Crippen LogP contribution in [-0.2, 0) is 21.5 Å². The van der Waals surface area contributed by atoms with Crippen molar-refractivity contribution in [3.8, 4) is 0 Å². The quantitative estimate of drug-likeness (QED) is 0.497. The van der Waals surface area contributed by atoms with Gasteiger partial charge in [-0.25, -0.2) is 4.79 Å². The second kappa shape index (κ2) is 4.93.